The Bertz CT molecular complexity index is 174. The van der Waals surface area contributed by atoms with E-state index in [4.69, 9.17) is 6.42 Å². The minimum Gasteiger partial charge on any atom is -0.228 e. The van der Waals surface area contributed by atoms with E-state index in [1.54, 1.807) is 0 Å². The van der Waals surface area contributed by atoms with Crippen molar-refractivity contribution in [3.63, 3.8) is 0 Å². The Hall–Kier alpha value is -0.910. The summed E-state index contributed by atoms with van der Waals surface area (Å²) >= 11 is 0. The lowest BCUT2D eigenvalue weighted by Gasteiger charge is -2.05. The third-order valence-electron chi connectivity index (χ3n) is 1.43. The molecule has 48 valence electrons. The molecule has 0 aromatic carbocycles. The second-order valence-corrected chi connectivity index (χ2v) is 1.96. The molecule has 2 nitrogen and oxygen atoms in total. The van der Waals surface area contributed by atoms with Crippen LogP contribution in [0.25, 0.3) is 0 Å². The zero-order valence-electron chi connectivity index (χ0n) is 5.13. The number of halogens is 1. The van der Waals surface area contributed by atoms with E-state index in [1.165, 1.54) is 0 Å². The van der Waals surface area contributed by atoms with Gasteiger partial charge in [0, 0.05) is 0 Å². The van der Waals surface area contributed by atoms with Gasteiger partial charge in [-0.15, -0.1) is 6.42 Å². The SMILES string of the molecule is C#CC(F)C1(CC)N=N1. The van der Waals surface area contributed by atoms with Gasteiger partial charge in [0.05, 0.1) is 0 Å². The Morgan fingerprint density at radius 3 is 2.44 bits per heavy atom. The molecular formula is C6H7FN2. The zero-order chi connectivity index (χ0) is 6.91. The molecule has 3 heteroatoms. The number of terminal acetylenes is 1. The standard InChI is InChI=1S/C6H7FN2/c1-3-5(7)6(4-2)8-9-6/h1,5H,4H2,2H3. The highest BCUT2D eigenvalue weighted by Gasteiger charge is 2.46. The van der Waals surface area contributed by atoms with Gasteiger partial charge in [0.2, 0.25) is 11.8 Å². The first-order valence-corrected chi connectivity index (χ1v) is 2.79. The third kappa shape index (κ3) is 0.807. The van der Waals surface area contributed by atoms with Crippen LogP contribution in [0.4, 0.5) is 4.39 Å². The monoisotopic (exact) mass is 126 g/mol. The molecule has 1 aliphatic rings. The van der Waals surface area contributed by atoms with E-state index in [0.29, 0.717) is 6.42 Å². The van der Waals surface area contributed by atoms with Crippen LogP contribution in [-0.2, 0) is 0 Å². The molecule has 9 heavy (non-hydrogen) atoms. The van der Waals surface area contributed by atoms with Gasteiger partial charge >= 0.3 is 0 Å². The minimum absolute atomic E-state index is 0.554. The first kappa shape index (κ1) is 6.21. The molecule has 0 amide bonds. The molecule has 1 unspecified atom stereocenters. The summed E-state index contributed by atoms with van der Waals surface area (Å²) in [5.74, 6) is 1.96. The maximum absolute atomic E-state index is 12.5. The Labute approximate surface area is 53.2 Å². The third-order valence-corrected chi connectivity index (χ3v) is 1.43. The van der Waals surface area contributed by atoms with Crippen molar-refractivity contribution in [3.8, 4) is 12.3 Å². The highest BCUT2D eigenvalue weighted by Crippen LogP contribution is 2.36. The topological polar surface area (TPSA) is 24.7 Å². The maximum atomic E-state index is 12.5. The molecule has 0 radical (unpaired) electrons. The molecule has 1 rings (SSSR count). The highest BCUT2D eigenvalue weighted by atomic mass is 19.1. The number of nitrogens with zero attached hydrogens (tertiary/aromatic N) is 2. The summed E-state index contributed by atoms with van der Waals surface area (Å²) in [4.78, 5) is 0. The molecule has 1 atom stereocenters. The molecule has 1 aliphatic heterocycles. The summed E-state index contributed by atoms with van der Waals surface area (Å²) in [5.41, 5.74) is -0.852. The Balaban J connectivity index is 2.53. The van der Waals surface area contributed by atoms with Gasteiger partial charge in [-0.05, 0) is 6.42 Å². The van der Waals surface area contributed by atoms with Crippen molar-refractivity contribution in [1.82, 2.24) is 0 Å². The van der Waals surface area contributed by atoms with E-state index in [9.17, 15) is 4.39 Å². The fourth-order valence-corrected chi connectivity index (χ4v) is 0.620. The number of rotatable bonds is 2. The summed E-state index contributed by atoms with van der Waals surface area (Å²) in [6.45, 7) is 1.81. The Morgan fingerprint density at radius 1 is 1.78 bits per heavy atom. The van der Waals surface area contributed by atoms with Crippen molar-refractivity contribution in [2.45, 2.75) is 25.2 Å². The number of hydrogen-bond donors (Lipinski definition) is 0. The van der Waals surface area contributed by atoms with Gasteiger partial charge in [0.15, 0.2) is 0 Å². The van der Waals surface area contributed by atoms with Crippen LogP contribution in [0.2, 0.25) is 0 Å². The van der Waals surface area contributed by atoms with Gasteiger partial charge < -0.3 is 0 Å². The summed E-state index contributed by atoms with van der Waals surface area (Å²) in [5, 5.41) is 7.06. The quantitative estimate of drug-likeness (QED) is 0.501. The van der Waals surface area contributed by atoms with Gasteiger partial charge in [0.1, 0.15) is 0 Å². The largest absolute Gasteiger partial charge is 0.232 e. The van der Waals surface area contributed by atoms with E-state index < -0.39 is 11.8 Å². The van der Waals surface area contributed by atoms with Crippen LogP contribution in [0.5, 0.6) is 0 Å². The van der Waals surface area contributed by atoms with Crippen molar-refractivity contribution < 1.29 is 4.39 Å². The fraction of sp³-hybridized carbons (Fsp3) is 0.667. The smallest absolute Gasteiger partial charge is 0.228 e. The number of alkyl halides is 1. The lowest BCUT2D eigenvalue weighted by Crippen LogP contribution is -2.22. The highest BCUT2D eigenvalue weighted by molar-refractivity contribution is 5.12. The predicted octanol–water partition coefficient (Wildman–Crippen LogP) is 1.53. The van der Waals surface area contributed by atoms with Gasteiger partial charge in [0.25, 0.3) is 0 Å². The van der Waals surface area contributed by atoms with E-state index in [0.717, 1.165) is 0 Å². The van der Waals surface area contributed by atoms with Crippen LogP contribution in [0.1, 0.15) is 13.3 Å². The van der Waals surface area contributed by atoms with Crippen LogP contribution in [0.15, 0.2) is 10.2 Å². The Kier molecular flexibility index (Phi) is 1.24. The summed E-state index contributed by atoms with van der Waals surface area (Å²) in [6.07, 6.45) is 4.05. The van der Waals surface area contributed by atoms with Gasteiger partial charge in [-0.1, -0.05) is 12.8 Å². The van der Waals surface area contributed by atoms with E-state index in [-0.39, 0.29) is 0 Å². The van der Waals surface area contributed by atoms with Crippen LogP contribution >= 0.6 is 0 Å². The first-order valence-electron chi connectivity index (χ1n) is 2.79. The van der Waals surface area contributed by atoms with Crippen molar-refractivity contribution in [2.24, 2.45) is 10.2 Å². The van der Waals surface area contributed by atoms with Crippen molar-refractivity contribution >= 4 is 0 Å². The molecule has 0 bridgehead atoms. The molecule has 0 aromatic rings. The van der Waals surface area contributed by atoms with E-state index in [2.05, 4.69) is 10.2 Å². The second-order valence-electron chi connectivity index (χ2n) is 1.96. The minimum atomic E-state index is -1.33. The van der Waals surface area contributed by atoms with E-state index >= 15 is 0 Å². The van der Waals surface area contributed by atoms with Crippen LogP contribution in [0.3, 0.4) is 0 Å². The van der Waals surface area contributed by atoms with Crippen molar-refractivity contribution in [1.29, 1.82) is 0 Å². The molecule has 0 spiro atoms. The van der Waals surface area contributed by atoms with Gasteiger partial charge in [-0.3, -0.25) is 0 Å². The molecule has 0 saturated heterocycles. The predicted molar refractivity (Wildman–Crippen MR) is 31.6 cm³/mol. The molecular weight excluding hydrogens is 119 g/mol. The van der Waals surface area contributed by atoms with Gasteiger partial charge in [-0.25, -0.2) is 4.39 Å². The van der Waals surface area contributed by atoms with Crippen LogP contribution < -0.4 is 0 Å². The van der Waals surface area contributed by atoms with Gasteiger partial charge in [-0.2, -0.15) is 10.2 Å². The maximum Gasteiger partial charge on any atom is 0.232 e. The first-order chi connectivity index (χ1) is 4.25. The lowest BCUT2D eigenvalue weighted by molar-refractivity contribution is 0.311. The molecule has 0 aromatic heterocycles. The molecule has 1 heterocycles. The Morgan fingerprint density at radius 2 is 2.33 bits per heavy atom. The number of hydrogen-bond acceptors (Lipinski definition) is 2. The zero-order valence-corrected chi connectivity index (χ0v) is 5.13. The molecule has 0 saturated carbocycles. The van der Waals surface area contributed by atoms with Crippen LogP contribution in [0, 0.1) is 12.3 Å². The fourth-order valence-electron chi connectivity index (χ4n) is 0.620. The van der Waals surface area contributed by atoms with Crippen molar-refractivity contribution in [3.05, 3.63) is 0 Å². The summed E-state index contributed by atoms with van der Waals surface area (Å²) < 4.78 is 12.5. The molecule has 0 aliphatic carbocycles. The molecule has 0 fully saturated rings. The molecule has 0 N–H and O–H groups in total. The second kappa shape index (κ2) is 1.80. The lowest BCUT2D eigenvalue weighted by atomic mass is 10.1. The average Bonchev–Trinajstić information content (AvgIpc) is 2.66. The van der Waals surface area contributed by atoms with Crippen molar-refractivity contribution in [2.75, 3.05) is 0 Å². The normalized spacial score (nSPS) is 22.8. The van der Waals surface area contributed by atoms with E-state index in [1.807, 2.05) is 12.8 Å². The summed E-state index contributed by atoms with van der Waals surface area (Å²) in [7, 11) is 0. The van der Waals surface area contributed by atoms with Crippen LogP contribution in [-0.4, -0.2) is 11.8 Å². The summed E-state index contributed by atoms with van der Waals surface area (Å²) in [6, 6.07) is 0. The average molecular weight is 126 g/mol.